The van der Waals surface area contributed by atoms with Gasteiger partial charge >= 0.3 is 0 Å². The first-order chi connectivity index (χ1) is 15.9. The van der Waals surface area contributed by atoms with Gasteiger partial charge in [-0.15, -0.1) is 0 Å². The Morgan fingerprint density at radius 1 is 1.03 bits per heavy atom. The zero-order chi connectivity index (χ0) is 23.4. The van der Waals surface area contributed by atoms with Crippen LogP contribution in [-0.4, -0.2) is 48.1 Å². The molecule has 5 N–H and O–H groups in total. The third-order valence-electron chi connectivity index (χ3n) is 5.43. The number of amides is 2. The maximum absolute atomic E-state index is 13.0. The zero-order valence-corrected chi connectivity index (χ0v) is 17.8. The predicted octanol–water partition coefficient (Wildman–Crippen LogP) is 2.37. The number of amidine groups is 1. The Bertz CT molecular complexity index is 1150. The molecule has 33 heavy (non-hydrogen) atoms. The van der Waals surface area contributed by atoms with E-state index in [1.807, 2.05) is 54.6 Å². The fourth-order valence-corrected chi connectivity index (χ4v) is 3.64. The molecule has 4 rings (SSSR count). The van der Waals surface area contributed by atoms with E-state index in [-0.39, 0.29) is 12.4 Å². The van der Waals surface area contributed by atoms with Gasteiger partial charge in [-0.25, -0.2) is 0 Å². The highest BCUT2D eigenvalue weighted by Crippen LogP contribution is 2.25. The van der Waals surface area contributed by atoms with Crippen LogP contribution in [0.15, 0.2) is 78.9 Å². The Morgan fingerprint density at radius 3 is 2.30 bits per heavy atom. The van der Waals surface area contributed by atoms with Crippen molar-refractivity contribution in [3.63, 3.8) is 0 Å². The number of anilines is 2. The van der Waals surface area contributed by atoms with Crippen molar-refractivity contribution < 1.29 is 19.4 Å². The number of aliphatic hydroxyl groups is 1. The summed E-state index contributed by atoms with van der Waals surface area (Å²) in [5, 5.41) is 20.5. The number of carbonyl (C=O) groups excluding carboxylic acids is 2. The first-order valence-corrected chi connectivity index (χ1v) is 10.5. The van der Waals surface area contributed by atoms with Gasteiger partial charge in [0.05, 0.1) is 6.61 Å². The summed E-state index contributed by atoms with van der Waals surface area (Å²) < 4.78 is 5.46. The summed E-state index contributed by atoms with van der Waals surface area (Å²) in [6.45, 7) is 0.509. The second-order valence-electron chi connectivity index (χ2n) is 7.62. The molecule has 1 aliphatic heterocycles. The molecule has 0 bridgehead atoms. The smallest absolute Gasteiger partial charge is 0.259 e. The molecule has 0 aromatic heterocycles. The minimum absolute atomic E-state index is 0.0917. The van der Waals surface area contributed by atoms with Crippen LogP contribution in [0.2, 0.25) is 0 Å². The molecule has 0 unspecified atom stereocenters. The van der Waals surface area contributed by atoms with E-state index >= 15 is 0 Å². The van der Waals surface area contributed by atoms with Gasteiger partial charge in [0.15, 0.2) is 12.2 Å². The molecule has 8 heteroatoms. The quantitative estimate of drug-likeness (QED) is 0.343. The minimum atomic E-state index is -1.68. The Balaban J connectivity index is 1.44. The van der Waals surface area contributed by atoms with Gasteiger partial charge in [0, 0.05) is 23.5 Å². The zero-order valence-electron chi connectivity index (χ0n) is 17.8. The van der Waals surface area contributed by atoms with Crippen LogP contribution in [0.25, 0.3) is 11.1 Å². The van der Waals surface area contributed by atoms with Crippen LogP contribution < -0.4 is 16.0 Å². The number of nitrogens with zero attached hydrogens (tertiary/aromatic N) is 1. The van der Waals surface area contributed by atoms with E-state index in [1.165, 1.54) is 4.90 Å². The third-order valence-corrected chi connectivity index (χ3v) is 5.43. The van der Waals surface area contributed by atoms with E-state index in [0.717, 1.165) is 11.1 Å². The molecule has 0 aliphatic carbocycles. The van der Waals surface area contributed by atoms with Crippen molar-refractivity contribution in [3.05, 3.63) is 84.4 Å². The van der Waals surface area contributed by atoms with E-state index in [9.17, 15) is 14.7 Å². The number of nitrogens with two attached hydrogens (primary N) is 1. The van der Waals surface area contributed by atoms with Crippen LogP contribution in [0.1, 0.15) is 5.56 Å². The maximum atomic E-state index is 13.0. The summed E-state index contributed by atoms with van der Waals surface area (Å²) in [5.41, 5.74) is 9.09. The van der Waals surface area contributed by atoms with Crippen LogP contribution in [0.5, 0.6) is 0 Å². The molecule has 0 spiro atoms. The van der Waals surface area contributed by atoms with Crippen molar-refractivity contribution in [2.45, 2.75) is 12.2 Å². The van der Waals surface area contributed by atoms with E-state index in [2.05, 4.69) is 5.32 Å². The van der Waals surface area contributed by atoms with E-state index in [0.29, 0.717) is 23.5 Å². The number of morpholine rings is 1. The van der Waals surface area contributed by atoms with Crippen LogP contribution in [0, 0.1) is 5.41 Å². The molecular formula is C25H24N4O4. The molecular weight excluding hydrogens is 420 g/mol. The Labute approximate surface area is 191 Å². The number of nitrogen functional groups attached to an aromatic ring is 1. The standard InChI is InChI=1S/C25H24N4O4/c26-23(27)18-6-10-19(11-7-18)28-24(31)21(30)22-25(32)29(14-15-33-22)20-12-8-17(9-13-20)16-4-2-1-3-5-16/h1-13,21-22,30H,14-15H2,(H3,26,27)(H,28,31)/t21-,22-/m1/s1. The molecule has 0 saturated carbocycles. The number of benzene rings is 3. The number of ether oxygens (including phenoxy) is 1. The normalized spacial score (nSPS) is 16.8. The maximum Gasteiger partial charge on any atom is 0.259 e. The highest BCUT2D eigenvalue weighted by atomic mass is 16.5. The first-order valence-electron chi connectivity index (χ1n) is 10.5. The number of rotatable bonds is 6. The summed E-state index contributed by atoms with van der Waals surface area (Å²) in [7, 11) is 0. The molecule has 1 heterocycles. The molecule has 1 aliphatic rings. The van der Waals surface area contributed by atoms with Gasteiger partial charge in [0.1, 0.15) is 5.84 Å². The van der Waals surface area contributed by atoms with Gasteiger partial charge in [-0.3, -0.25) is 15.0 Å². The van der Waals surface area contributed by atoms with Crippen molar-refractivity contribution in [1.29, 1.82) is 5.41 Å². The van der Waals surface area contributed by atoms with Gasteiger partial charge in [0.2, 0.25) is 0 Å². The highest BCUT2D eigenvalue weighted by molar-refractivity contribution is 6.04. The van der Waals surface area contributed by atoms with Gasteiger partial charge < -0.3 is 25.8 Å². The molecule has 0 radical (unpaired) electrons. The lowest BCUT2D eigenvalue weighted by atomic mass is 10.0. The van der Waals surface area contributed by atoms with Gasteiger partial charge in [0.25, 0.3) is 11.8 Å². The fourth-order valence-electron chi connectivity index (χ4n) is 3.64. The van der Waals surface area contributed by atoms with Crippen molar-refractivity contribution in [2.75, 3.05) is 23.4 Å². The van der Waals surface area contributed by atoms with Crippen molar-refractivity contribution >= 4 is 29.0 Å². The lowest BCUT2D eigenvalue weighted by Crippen LogP contribution is -2.55. The number of carbonyl (C=O) groups is 2. The predicted molar refractivity (Wildman–Crippen MR) is 126 cm³/mol. The number of hydrogen-bond donors (Lipinski definition) is 4. The summed E-state index contributed by atoms with van der Waals surface area (Å²) in [5.74, 6) is -1.33. The Hall–Kier alpha value is -4.01. The molecule has 1 saturated heterocycles. The van der Waals surface area contributed by atoms with E-state index < -0.39 is 24.0 Å². The van der Waals surface area contributed by atoms with Gasteiger partial charge in [-0.1, -0.05) is 42.5 Å². The number of nitrogens with one attached hydrogen (secondary N) is 2. The molecule has 1 fully saturated rings. The lowest BCUT2D eigenvalue weighted by Gasteiger charge is -2.34. The molecule has 2 atom stereocenters. The van der Waals surface area contributed by atoms with Crippen molar-refractivity contribution in [1.82, 2.24) is 0 Å². The van der Waals surface area contributed by atoms with E-state index in [1.54, 1.807) is 24.3 Å². The monoisotopic (exact) mass is 444 g/mol. The average molecular weight is 444 g/mol. The SMILES string of the molecule is N=C(N)c1ccc(NC(=O)[C@H](O)[C@H]2OCCN(c3ccc(-c4ccccc4)cc3)C2=O)cc1. The lowest BCUT2D eigenvalue weighted by molar-refractivity contribution is -0.150. The molecule has 3 aromatic carbocycles. The number of aliphatic hydroxyl groups excluding tert-OH is 1. The molecule has 8 nitrogen and oxygen atoms in total. The first kappa shape index (κ1) is 22.2. The number of hydrogen-bond acceptors (Lipinski definition) is 5. The summed E-state index contributed by atoms with van der Waals surface area (Å²) in [6, 6.07) is 23.7. The van der Waals surface area contributed by atoms with Gasteiger partial charge in [-0.05, 0) is 47.5 Å². The van der Waals surface area contributed by atoms with Crippen LogP contribution in [0.4, 0.5) is 11.4 Å². The topological polar surface area (TPSA) is 129 Å². The molecule has 3 aromatic rings. The summed E-state index contributed by atoms with van der Waals surface area (Å²) in [4.78, 5) is 27.1. The van der Waals surface area contributed by atoms with Crippen LogP contribution >= 0.6 is 0 Å². The van der Waals surface area contributed by atoms with Gasteiger partial charge in [-0.2, -0.15) is 0 Å². The van der Waals surface area contributed by atoms with Crippen molar-refractivity contribution in [2.24, 2.45) is 5.73 Å². The Kier molecular flexibility index (Phi) is 6.48. The summed E-state index contributed by atoms with van der Waals surface area (Å²) >= 11 is 0. The van der Waals surface area contributed by atoms with Crippen LogP contribution in [-0.2, 0) is 14.3 Å². The summed E-state index contributed by atoms with van der Waals surface area (Å²) in [6.07, 6.45) is -3.00. The van der Waals surface area contributed by atoms with Crippen LogP contribution in [0.3, 0.4) is 0 Å². The van der Waals surface area contributed by atoms with Crippen molar-refractivity contribution in [3.8, 4) is 11.1 Å². The Morgan fingerprint density at radius 2 is 1.67 bits per heavy atom. The minimum Gasteiger partial charge on any atom is -0.384 e. The average Bonchev–Trinajstić information content (AvgIpc) is 2.85. The second-order valence-corrected chi connectivity index (χ2v) is 7.62. The highest BCUT2D eigenvalue weighted by Gasteiger charge is 2.39. The largest absolute Gasteiger partial charge is 0.384 e. The third kappa shape index (κ3) is 4.92. The molecule has 2 amide bonds. The van der Waals surface area contributed by atoms with E-state index in [4.69, 9.17) is 15.9 Å². The second kappa shape index (κ2) is 9.64. The fraction of sp³-hybridized carbons (Fsp3) is 0.160. The molecule has 168 valence electrons.